The highest BCUT2D eigenvalue weighted by Crippen LogP contribution is 2.29. The smallest absolute Gasteiger partial charge is 0.349 e. The molecule has 0 radical (unpaired) electrons. The Morgan fingerprint density at radius 3 is 2.28 bits per heavy atom. The average Bonchev–Trinajstić information content (AvgIpc) is 2.68. The molecule has 0 fully saturated rings. The van der Waals surface area contributed by atoms with Crippen LogP contribution in [0.2, 0.25) is 0 Å². The van der Waals surface area contributed by atoms with E-state index in [-0.39, 0.29) is 6.61 Å². The molecule has 3 aromatic rings. The summed E-state index contributed by atoms with van der Waals surface area (Å²) >= 11 is 1.64. The lowest BCUT2D eigenvalue weighted by molar-refractivity contribution is -0.136. The Hall–Kier alpha value is -2.72. The fourth-order valence-corrected chi connectivity index (χ4v) is 2.80. The van der Waals surface area contributed by atoms with E-state index in [9.17, 15) is 4.79 Å². The fraction of sp³-hybridized carbons (Fsp3) is 0.0952. The SMILES string of the molecule is CSc1ccc(OC(=O)COc2ccccc2-c2ccccc2)cc1. The Morgan fingerprint density at radius 1 is 0.880 bits per heavy atom. The van der Waals surface area contributed by atoms with Crippen molar-refractivity contribution in [2.24, 2.45) is 0 Å². The van der Waals surface area contributed by atoms with Crippen molar-refractivity contribution in [1.82, 2.24) is 0 Å². The summed E-state index contributed by atoms with van der Waals surface area (Å²) in [6, 6.07) is 25.0. The Balaban J connectivity index is 1.64. The van der Waals surface area contributed by atoms with Gasteiger partial charge in [0.05, 0.1) is 0 Å². The van der Waals surface area contributed by atoms with E-state index in [1.54, 1.807) is 23.9 Å². The molecular formula is C21H18O3S. The number of rotatable bonds is 6. The van der Waals surface area contributed by atoms with Gasteiger partial charge in [0.15, 0.2) is 6.61 Å². The van der Waals surface area contributed by atoms with E-state index in [1.165, 1.54) is 0 Å². The molecule has 0 bridgehead atoms. The Labute approximate surface area is 151 Å². The summed E-state index contributed by atoms with van der Waals surface area (Å²) in [4.78, 5) is 13.2. The van der Waals surface area contributed by atoms with E-state index in [2.05, 4.69) is 0 Å². The first kappa shape index (κ1) is 17.1. The summed E-state index contributed by atoms with van der Waals surface area (Å²) in [5.41, 5.74) is 1.99. The third-order valence-corrected chi connectivity index (χ3v) is 4.35. The van der Waals surface area contributed by atoms with E-state index in [4.69, 9.17) is 9.47 Å². The van der Waals surface area contributed by atoms with Gasteiger partial charge in [-0.05, 0) is 42.2 Å². The molecule has 25 heavy (non-hydrogen) atoms. The monoisotopic (exact) mass is 350 g/mol. The normalized spacial score (nSPS) is 10.3. The molecule has 0 aliphatic carbocycles. The van der Waals surface area contributed by atoms with Crippen molar-refractivity contribution in [3.8, 4) is 22.6 Å². The van der Waals surface area contributed by atoms with Crippen molar-refractivity contribution in [3.05, 3.63) is 78.9 Å². The van der Waals surface area contributed by atoms with Crippen LogP contribution in [0.15, 0.2) is 83.8 Å². The molecule has 0 unspecified atom stereocenters. The molecule has 0 amide bonds. The van der Waals surface area contributed by atoms with Crippen LogP contribution in [0.4, 0.5) is 0 Å². The maximum absolute atomic E-state index is 12.0. The lowest BCUT2D eigenvalue weighted by atomic mass is 10.1. The Morgan fingerprint density at radius 2 is 1.56 bits per heavy atom. The van der Waals surface area contributed by atoms with Crippen LogP contribution in [0.1, 0.15) is 0 Å². The van der Waals surface area contributed by atoms with Crippen molar-refractivity contribution >= 4 is 17.7 Å². The van der Waals surface area contributed by atoms with Crippen molar-refractivity contribution in [2.75, 3.05) is 12.9 Å². The highest BCUT2D eigenvalue weighted by Gasteiger charge is 2.10. The summed E-state index contributed by atoms with van der Waals surface area (Å²) in [5, 5.41) is 0. The highest BCUT2D eigenvalue weighted by atomic mass is 32.2. The largest absolute Gasteiger partial charge is 0.481 e. The summed E-state index contributed by atoms with van der Waals surface area (Å²) in [6.45, 7) is -0.145. The lowest BCUT2D eigenvalue weighted by Gasteiger charge is -2.11. The van der Waals surface area contributed by atoms with Gasteiger partial charge in [-0.25, -0.2) is 4.79 Å². The van der Waals surface area contributed by atoms with Gasteiger partial charge in [-0.3, -0.25) is 0 Å². The first-order chi connectivity index (χ1) is 12.3. The van der Waals surface area contributed by atoms with E-state index in [1.807, 2.05) is 73.0 Å². The number of para-hydroxylation sites is 1. The maximum Gasteiger partial charge on any atom is 0.349 e. The molecule has 0 saturated carbocycles. The number of thioether (sulfide) groups is 1. The van der Waals surface area contributed by atoms with Crippen LogP contribution in [0.5, 0.6) is 11.5 Å². The van der Waals surface area contributed by atoms with E-state index in [0.717, 1.165) is 16.0 Å². The summed E-state index contributed by atoms with van der Waals surface area (Å²) in [5.74, 6) is 0.742. The topological polar surface area (TPSA) is 35.5 Å². The van der Waals surface area contributed by atoms with Gasteiger partial charge in [0.25, 0.3) is 0 Å². The zero-order valence-corrected chi connectivity index (χ0v) is 14.7. The molecule has 0 spiro atoms. The predicted molar refractivity (Wildman–Crippen MR) is 101 cm³/mol. The number of esters is 1. The standard InChI is InChI=1S/C21H18O3S/c1-25-18-13-11-17(12-14-18)24-21(22)15-23-20-10-6-5-9-19(20)16-7-3-2-4-8-16/h2-14H,15H2,1H3. The molecule has 0 aliphatic heterocycles. The van der Waals surface area contributed by atoms with Crippen LogP contribution >= 0.6 is 11.8 Å². The van der Waals surface area contributed by atoms with Crippen LogP contribution in [0.25, 0.3) is 11.1 Å². The molecule has 3 aromatic carbocycles. The molecule has 4 heteroatoms. The van der Waals surface area contributed by atoms with Gasteiger partial charge < -0.3 is 9.47 Å². The second-order valence-electron chi connectivity index (χ2n) is 5.30. The molecule has 3 rings (SSSR count). The number of benzene rings is 3. The number of carbonyl (C=O) groups is 1. The van der Waals surface area contributed by atoms with Gasteiger partial charge in [-0.1, -0.05) is 48.5 Å². The van der Waals surface area contributed by atoms with Gasteiger partial charge in [-0.15, -0.1) is 11.8 Å². The molecule has 126 valence electrons. The summed E-state index contributed by atoms with van der Waals surface area (Å²) in [6.07, 6.45) is 2.00. The summed E-state index contributed by atoms with van der Waals surface area (Å²) < 4.78 is 11.0. The molecule has 0 aliphatic rings. The molecule has 0 heterocycles. The zero-order chi connectivity index (χ0) is 17.5. The molecule has 0 atom stereocenters. The Bertz CT molecular complexity index is 829. The van der Waals surface area contributed by atoms with Crippen LogP contribution < -0.4 is 9.47 Å². The lowest BCUT2D eigenvalue weighted by Crippen LogP contribution is -2.17. The van der Waals surface area contributed by atoms with E-state index < -0.39 is 5.97 Å². The van der Waals surface area contributed by atoms with Crippen LogP contribution in [-0.2, 0) is 4.79 Å². The number of hydrogen-bond donors (Lipinski definition) is 0. The van der Waals surface area contributed by atoms with Crippen molar-refractivity contribution in [1.29, 1.82) is 0 Å². The van der Waals surface area contributed by atoms with Crippen molar-refractivity contribution in [3.63, 3.8) is 0 Å². The molecule has 0 saturated heterocycles. The van der Waals surface area contributed by atoms with E-state index in [0.29, 0.717) is 11.5 Å². The molecular weight excluding hydrogens is 332 g/mol. The first-order valence-electron chi connectivity index (χ1n) is 7.88. The second kappa shape index (κ2) is 8.40. The van der Waals surface area contributed by atoms with Crippen LogP contribution in [0, 0.1) is 0 Å². The van der Waals surface area contributed by atoms with E-state index >= 15 is 0 Å². The van der Waals surface area contributed by atoms with Crippen LogP contribution in [0.3, 0.4) is 0 Å². The van der Waals surface area contributed by atoms with Gasteiger partial charge in [0, 0.05) is 10.5 Å². The molecule has 0 N–H and O–H groups in total. The van der Waals surface area contributed by atoms with Gasteiger partial charge >= 0.3 is 5.97 Å². The van der Waals surface area contributed by atoms with Crippen LogP contribution in [-0.4, -0.2) is 18.8 Å². The number of ether oxygens (including phenoxy) is 2. The quantitative estimate of drug-likeness (QED) is 0.354. The van der Waals surface area contributed by atoms with Crippen molar-refractivity contribution < 1.29 is 14.3 Å². The zero-order valence-electron chi connectivity index (χ0n) is 13.8. The maximum atomic E-state index is 12.0. The molecule has 0 aromatic heterocycles. The minimum atomic E-state index is -0.431. The highest BCUT2D eigenvalue weighted by molar-refractivity contribution is 7.98. The minimum Gasteiger partial charge on any atom is -0.481 e. The van der Waals surface area contributed by atoms with Gasteiger partial charge in [0.1, 0.15) is 11.5 Å². The van der Waals surface area contributed by atoms with Gasteiger partial charge in [0.2, 0.25) is 0 Å². The third-order valence-electron chi connectivity index (χ3n) is 3.61. The summed E-state index contributed by atoms with van der Waals surface area (Å²) in [7, 11) is 0. The minimum absolute atomic E-state index is 0.145. The third kappa shape index (κ3) is 4.64. The van der Waals surface area contributed by atoms with Crippen molar-refractivity contribution in [2.45, 2.75) is 4.90 Å². The van der Waals surface area contributed by atoms with Gasteiger partial charge in [-0.2, -0.15) is 0 Å². The average molecular weight is 350 g/mol. The fourth-order valence-electron chi connectivity index (χ4n) is 2.39. The predicted octanol–water partition coefficient (Wildman–Crippen LogP) is 5.06. The number of carbonyl (C=O) groups excluding carboxylic acids is 1. The molecule has 3 nitrogen and oxygen atoms in total. The second-order valence-corrected chi connectivity index (χ2v) is 6.18. The number of hydrogen-bond acceptors (Lipinski definition) is 4. The Kier molecular flexibility index (Phi) is 5.75. The first-order valence-corrected chi connectivity index (χ1v) is 9.11.